The summed E-state index contributed by atoms with van der Waals surface area (Å²) in [5.41, 5.74) is 2.04. The molecule has 0 aliphatic carbocycles. The lowest BCUT2D eigenvalue weighted by molar-refractivity contribution is 0.139. The maximum absolute atomic E-state index is 11.5. The van der Waals surface area contributed by atoms with E-state index in [9.17, 15) is 4.79 Å². The molecule has 3 nitrogen and oxygen atoms in total. The van der Waals surface area contributed by atoms with Crippen LogP contribution in [-0.2, 0) is 17.9 Å². The molecule has 0 saturated heterocycles. The van der Waals surface area contributed by atoms with Crippen LogP contribution in [0.15, 0.2) is 54.6 Å². The van der Waals surface area contributed by atoms with Gasteiger partial charge in [-0.05, 0) is 45.9 Å². The van der Waals surface area contributed by atoms with Crippen molar-refractivity contribution in [2.45, 2.75) is 13.2 Å². The number of benzene rings is 2. The Morgan fingerprint density at radius 2 is 1.79 bits per heavy atom. The van der Waals surface area contributed by atoms with Gasteiger partial charge in [0.1, 0.15) is 6.61 Å². The topological polar surface area (TPSA) is 38.3 Å². The zero-order chi connectivity index (χ0) is 13.5. The van der Waals surface area contributed by atoms with Crippen LogP contribution in [0.3, 0.4) is 0 Å². The first-order valence-electron chi connectivity index (χ1n) is 5.93. The number of amides is 1. The minimum absolute atomic E-state index is 0.291. The van der Waals surface area contributed by atoms with Crippen molar-refractivity contribution in [1.82, 2.24) is 5.32 Å². The molecule has 0 bridgehead atoms. The van der Waals surface area contributed by atoms with E-state index in [0.717, 1.165) is 14.7 Å². The molecule has 4 heteroatoms. The molecule has 0 aromatic heterocycles. The van der Waals surface area contributed by atoms with E-state index in [1.165, 1.54) is 0 Å². The summed E-state index contributed by atoms with van der Waals surface area (Å²) in [7, 11) is 0. The molecular weight excluding hydrogens is 353 g/mol. The van der Waals surface area contributed by atoms with Gasteiger partial charge in [-0.25, -0.2) is 4.79 Å². The molecule has 0 atom stereocenters. The average molecular weight is 367 g/mol. The Labute approximate surface area is 126 Å². The Bertz CT molecular complexity index is 543. The number of ether oxygens (including phenoxy) is 1. The standard InChI is InChI=1S/C15H14INO2/c16-14-8-4-7-13(9-14)10-17-15(18)19-11-12-5-2-1-3-6-12/h1-9H,10-11H2,(H,17,18). The molecule has 1 N–H and O–H groups in total. The highest BCUT2D eigenvalue weighted by molar-refractivity contribution is 14.1. The molecule has 1 amide bonds. The summed E-state index contributed by atoms with van der Waals surface area (Å²) in [5.74, 6) is 0. The fourth-order valence-corrected chi connectivity index (χ4v) is 2.20. The number of carbonyl (C=O) groups excluding carboxylic acids is 1. The first-order valence-corrected chi connectivity index (χ1v) is 7.01. The fraction of sp³-hybridized carbons (Fsp3) is 0.133. The lowest BCUT2D eigenvalue weighted by atomic mass is 10.2. The molecule has 0 radical (unpaired) electrons. The predicted molar refractivity (Wildman–Crippen MR) is 82.6 cm³/mol. The van der Waals surface area contributed by atoms with Gasteiger partial charge in [0.05, 0.1) is 0 Å². The minimum atomic E-state index is -0.400. The zero-order valence-corrected chi connectivity index (χ0v) is 12.5. The number of alkyl carbamates (subject to hydrolysis) is 1. The van der Waals surface area contributed by atoms with Crippen molar-refractivity contribution < 1.29 is 9.53 Å². The first-order chi connectivity index (χ1) is 9.24. The molecule has 0 saturated carbocycles. The molecule has 0 fully saturated rings. The lowest BCUT2D eigenvalue weighted by Crippen LogP contribution is -2.23. The molecule has 0 heterocycles. The van der Waals surface area contributed by atoms with Gasteiger partial charge in [-0.1, -0.05) is 42.5 Å². The van der Waals surface area contributed by atoms with E-state index in [1.54, 1.807) is 0 Å². The quantitative estimate of drug-likeness (QED) is 0.837. The SMILES string of the molecule is O=C(NCc1cccc(I)c1)OCc1ccccc1. The van der Waals surface area contributed by atoms with E-state index in [0.29, 0.717) is 13.2 Å². The van der Waals surface area contributed by atoms with E-state index >= 15 is 0 Å². The summed E-state index contributed by atoms with van der Waals surface area (Å²) in [6.07, 6.45) is -0.400. The van der Waals surface area contributed by atoms with E-state index in [4.69, 9.17) is 4.74 Å². The molecule has 0 aliphatic rings. The van der Waals surface area contributed by atoms with Gasteiger partial charge in [0.25, 0.3) is 0 Å². The molecule has 2 aromatic rings. The van der Waals surface area contributed by atoms with Crippen molar-refractivity contribution in [3.05, 3.63) is 69.3 Å². The number of hydrogen-bond donors (Lipinski definition) is 1. The van der Waals surface area contributed by atoms with Crippen molar-refractivity contribution in [2.24, 2.45) is 0 Å². The van der Waals surface area contributed by atoms with Crippen LogP contribution in [0.25, 0.3) is 0 Å². The summed E-state index contributed by atoms with van der Waals surface area (Å²) < 4.78 is 6.28. The summed E-state index contributed by atoms with van der Waals surface area (Å²) in [6, 6.07) is 17.6. The summed E-state index contributed by atoms with van der Waals surface area (Å²) in [4.78, 5) is 11.5. The second-order valence-electron chi connectivity index (χ2n) is 4.05. The van der Waals surface area contributed by atoms with Crippen LogP contribution in [0.1, 0.15) is 11.1 Å². The smallest absolute Gasteiger partial charge is 0.407 e. The van der Waals surface area contributed by atoms with Crippen molar-refractivity contribution in [3.63, 3.8) is 0 Å². The van der Waals surface area contributed by atoms with Gasteiger partial charge in [0, 0.05) is 10.1 Å². The minimum Gasteiger partial charge on any atom is -0.445 e. The summed E-state index contributed by atoms with van der Waals surface area (Å²) >= 11 is 2.24. The molecule has 2 aromatic carbocycles. The maximum atomic E-state index is 11.5. The average Bonchev–Trinajstić information content (AvgIpc) is 2.44. The molecular formula is C15H14INO2. The third kappa shape index (κ3) is 4.90. The number of carbonyl (C=O) groups is 1. The Morgan fingerprint density at radius 3 is 2.53 bits per heavy atom. The van der Waals surface area contributed by atoms with Gasteiger partial charge in [-0.15, -0.1) is 0 Å². The molecule has 19 heavy (non-hydrogen) atoms. The normalized spacial score (nSPS) is 9.95. The first kappa shape index (κ1) is 13.9. The lowest BCUT2D eigenvalue weighted by Gasteiger charge is -2.07. The third-order valence-electron chi connectivity index (χ3n) is 2.54. The van der Waals surface area contributed by atoms with Gasteiger partial charge in [-0.3, -0.25) is 0 Å². The summed E-state index contributed by atoms with van der Waals surface area (Å²) in [6.45, 7) is 0.767. The monoisotopic (exact) mass is 367 g/mol. The van der Waals surface area contributed by atoms with Gasteiger partial charge >= 0.3 is 6.09 Å². The van der Waals surface area contributed by atoms with Gasteiger partial charge in [0.2, 0.25) is 0 Å². The van der Waals surface area contributed by atoms with Crippen LogP contribution in [0.2, 0.25) is 0 Å². The van der Waals surface area contributed by atoms with Crippen molar-refractivity contribution in [1.29, 1.82) is 0 Å². The van der Waals surface area contributed by atoms with Crippen molar-refractivity contribution in [3.8, 4) is 0 Å². The maximum Gasteiger partial charge on any atom is 0.407 e. The van der Waals surface area contributed by atoms with Gasteiger partial charge in [-0.2, -0.15) is 0 Å². The highest BCUT2D eigenvalue weighted by atomic mass is 127. The van der Waals surface area contributed by atoms with Crippen LogP contribution in [0, 0.1) is 3.57 Å². The molecule has 0 spiro atoms. The fourth-order valence-electron chi connectivity index (χ4n) is 1.60. The van der Waals surface area contributed by atoms with E-state index in [2.05, 4.69) is 27.9 Å². The Hall–Kier alpha value is -1.56. The second kappa shape index (κ2) is 7.13. The van der Waals surface area contributed by atoms with Crippen LogP contribution < -0.4 is 5.32 Å². The van der Waals surface area contributed by atoms with Crippen LogP contribution in [-0.4, -0.2) is 6.09 Å². The van der Waals surface area contributed by atoms with Gasteiger partial charge < -0.3 is 10.1 Å². The number of nitrogens with one attached hydrogen (secondary N) is 1. The van der Waals surface area contributed by atoms with E-state index in [-0.39, 0.29) is 0 Å². The second-order valence-corrected chi connectivity index (χ2v) is 5.29. The predicted octanol–water partition coefficient (Wildman–Crippen LogP) is 3.72. The third-order valence-corrected chi connectivity index (χ3v) is 3.21. The molecule has 0 aliphatic heterocycles. The Kier molecular flexibility index (Phi) is 5.20. The van der Waals surface area contributed by atoms with Crippen LogP contribution in [0.4, 0.5) is 4.79 Å². The van der Waals surface area contributed by atoms with E-state index < -0.39 is 6.09 Å². The highest BCUT2D eigenvalue weighted by Crippen LogP contribution is 2.07. The molecule has 2 rings (SSSR count). The van der Waals surface area contributed by atoms with Crippen molar-refractivity contribution in [2.75, 3.05) is 0 Å². The summed E-state index contributed by atoms with van der Waals surface area (Å²) in [5, 5.41) is 2.73. The van der Waals surface area contributed by atoms with E-state index in [1.807, 2.05) is 54.6 Å². The van der Waals surface area contributed by atoms with Crippen molar-refractivity contribution >= 4 is 28.7 Å². The van der Waals surface area contributed by atoms with Crippen LogP contribution >= 0.6 is 22.6 Å². The number of rotatable bonds is 4. The van der Waals surface area contributed by atoms with Gasteiger partial charge in [0.15, 0.2) is 0 Å². The molecule has 0 unspecified atom stereocenters. The van der Waals surface area contributed by atoms with Crippen LogP contribution in [0.5, 0.6) is 0 Å². The highest BCUT2D eigenvalue weighted by Gasteiger charge is 2.02. The Balaban J connectivity index is 1.76. The zero-order valence-electron chi connectivity index (χ0n) is 10.3. The number of hydrogen-bond acceptors (Lipinski definition) is 2. The Morgan fingerprint density at radius 1 is 1.05 bits per heavy atom. The molecule has 98 valence electrons. The number of halogens is 1. The largest absolute Gasteiger partial charge is 0.445 e.